The fourth-order valence-corrected chi connectivity index (χ4v) is 11.5. The highest BCUT2D eigenvalue weighted by Crippen LogP contribution is 2.45. The Morgan fingerprint density at radius 1 is 0.228 bits per heavy atom. The Labute approximate surface area is 457 Å². The molecule has 0 radical (unpaired) electrons. The van der Waals surface area contributed by atoms with Crippen molar-refractivity contribution in [1.82, 2.24) is 0 Å². The number of aliphatic hydroxyl groups is 4. The van der Waals surface area contributed by atoms with Crippen molar-refractivity contribution in [2.45, 2.75) is 52.1 Å². The number of phenolic OH excluding ortho intramolecular Hbond substituents is 3. The second-order valence-electron chi connectivity index (χ2n) is 20.4. The third-order valence-corrected chi connectivity index (χ3v) is 15.3. The number of hydrogen-bond acceptors (Lipinski definition) is 7. The van der Waals surface area contributed by atoms with Crippen LogP contribution in [0.2, 0.25) is 0 Å². The summed E-state index contributed by atoms with van der Waals surface area (Å²) in [5, 5.41) is 90.8. The maximum Gasteiger partial charge on any atom is 0.123 e. The third-order valence-electron chi connectivity index (χ3n) is 15.3. The molecule has 0 aliphatic carbocycles. The predicted octanol–water partition coefficient (Wildman–Crippen LogP) is 17.6. The van der Waals surface area contributed by atoms with Gasteiger partial charge in [0.05, 0.1) is 24.4 Å². The molecule has 7 nitrogen and oxygen atoms in total. The molecule has 0 spiro atoms. The van der Waals surface area contributed by atoms with Crippen LogP contribution in [0.4, 0.5) is 0 Å². The number of aromatic hydroxyl groups is 3. The lowest BCUT2D eigenvalue weighted by Crippen LogP contribution is -1.94. The van der Waals surface area contributed by atoms with Gasteiger partial charge in [0.25, 0.3) is 0 Å². The zero-order valence-corrected chi connectivity index (χ0v) is 44.3. The highest BCUT2D eigenvalue weighted by atomic mass is 16.3. The van der Waals surface area contributed by atoms with E-state index in [0.29, 0.717) is 0 Å². The number of phenols is 3. The van der Waals surface area contributed by atoms with E-state index in [2.05, 4.69) is 121 Å². The van der Waals surface area contributed by atoms with Gasteiger partial charge in [0.1, 0.15) is 17.2 Å². The summed E-state index contributed by atoms with van der Waals surface area (Å²) < 4.78 is 0. The summed E-state index contributed by atoms with van der Waals surface area (Å²) in [7, 11) is 0. The molecule has 0 heterocycles. The van der Waals surface area contributed by atoms with E-state index in [1.807, 2.05) is 61.5 Å². The van der Waals surface area contributed by atoms with Gasteiger partial charge in [-0.15, -0.1) is 0 Å². The maximum atomic E-state index is 9.95. The first-order valence-corrected chi connectivity index (χ1v) is 26.7. The molecular formula is C72H60O7. The van der Waals surface area contributed by atoms with Crippen molar-refractivity contribution in [3.63, 3.8) is 0 Å². The van der Waals surface area contributed by atoms with Crippen LogP contribution in [0.3, 0.4) is 0 Å². The van der Waals surface area contributed by atoms with Crippen molar-refractivity contribution in [1.29, 1.82) is 0 Å². The second-order valence-corrected chi connectivity index (χ2v) is 20.4. The van der Waals surface area contributed by atoms with Crippen molar-refractivity contribution in [2.24, 2.45) is 0 Å². The molecule has 390 valence electrons. The van der Waals surface area contributed by atoms with E-state index in [4.69, 9.17) is 10.2 Å². The van der Waals surface area contributed by atoms with Crippen LogP contribution in [-0.4, -0.2) is 35.7 Å². The largest absolute Gasteiger partial charge is 0.508 e. The highest BCUT2D eigenvalue weighted by molar-refractivity contribution is 6.39. The molecule has 0 aromatic heterocycles. The van der Waals surface area contributed by atoms with Gasteiger partial charge in [0, 0.05) is 10.8 Å². The molecule has 15 aromatic rings. The number of rotatable bonds is 4. The van der Waals surface area contributed by atoms with Crippen LogP contribution < -0.4 is 0 Å². The summed E-state index contributed by atoms with van der Waals surface area (Å²) in [5.74, 6) is 0.736. The average molecular weight is 1040 g/mol. The summed E-state index contributed by atoms with van der Waals surface area (Å²) in [5.41, 5.74) is 3.51. The van der Waals surface area contributed by atoms with Crippen molar-refractivity contribution in [3.05, 3.63) is 247 Å². The fraction of sp³-hybridized carbons (Fsp3) is 0.111. The highest BCUT2D eigenvalue weighted by Gasteiger charge is 2.17. The van der Waals surface area contributed by atoms with Crippen LogP contribution in [0.1, 0.15) is 74.4 Å². The van der Waals surface area contributed by atoms with E-state index in [9.17, 15) is 25.5 Å². The quantitative estimate of drug-likeness (QED) is 0.0687. The van der Waals surface area contributed by atoms with E-state index < -0.39 is 24.4 Å². The summed E-state index contributed by atoms with van der Waals surface area (Å²) >= 11 is 0. The van der Waals surface area contributed by atoms with Gasteiger partial charge in [-0.2, -0.15) is 0 Å². The predicted molar refractivity (Wildman–Crippen MR) is 328 cm³/mol. The van der Waals surface area contributed by atoms with E-state index in [1.165, 1.54) is 80.8 Å². The molecule has 0 saturated heterocycles. The monoisotopic (exact) mass is 1040 g/mol. The van der Waals surface area contributed by atoms with Gasteiger partial charge in [-0.3, -0.25) is 0 Å². The average Bonchev–Trinajstić information content (AvgIpc) is 3.58. The Morgan fingerprint density at radius 3 is 0.962 bits per heavy atom. The van der Waals surface area contributed by atoms with Crippen LogP contribution >= 0.6 is 0 Å². The zero-order valence-electron chi connectivity index (χ0n) is 44.3. The molecule has 0 aliphatic rings. The Hall–Kier alpha value is -9.08. The van der Waals surface area contributed by atoms with Gasteiger partial charge in [-0.25, -0.2) is 0 Å². The molecule has 0 bridgehead atoms. The van der Waals surface area contributed by atoms with Crippen LogP contribution in [0, 0.1) is 0 Å². The molecule has 7 N–H and O–H groups in total. The number of hydrogen-bond donors (Lipinski definition) is 7. The Kier molecular flexibility index (Phi) is 14.3. The van der Waals surface area contributed by atoms with Crippen molar-refractivity contribution in [3.8, 4) is 17.2 Å². The van der Waals surface area contributed by atoms with Crippen molar-refractivity contribution >= 4 is 108 Å². The first-order valence-electron chi connectivity index (χ1n) is 26.7. The molecule has 0 fully saturated rings. The van der Waals surface area contributed by atoms with Gasteiger partial charge < -0.3 is 35.7 Å². The first kappa shape index (κ1) is 52.0. The molecular weight excluding hydrogens is 977 g/mol. The standard InChI is InChI=1S/C22H12.C18H14O.2C12H12O2.C8H10O2/c1-3-13-7-9-15-11-12-16-10-8-14-4-2-6-18-17(5-1)19(13)21(15)22(16)20(14)18;1-11(19)15-9-7-14-6-5-12-3-2-4-13-8-10-16(15)18(14)17(12)13;2*1-8(13)9-4-2-6-11-10(9)5-3-7-12(11)14;1-6(9)7-2-4-8(10)5-3-7/h1-12H;2-11,19H,1H3;2*2-8,13-14H,1H3;2-6,9-10H,1H3. The maximum absolute atomic E-state index is 9.95. The SMILES string of the molecule is CC(O)c1ccc(O)cc1.CC(O)c1ccc2ccc3cccc4ccc1c2c34.CC(O)c1cccc2c(O)cccc12.CC(O)c1cccc2c(O)cccc12.c1cc2ccc3ccc4ccc5cccc6c(c1)c2c3c4c56. The van der Waals surface area contributed by atoms with Crippen molar-refractivity contribution in [2.75, 3.05) is 0 Å². The molecule has 79 heavy (non-hydrogen) atoms. The number of aliphatic hydroxyl groups excluding tert-OH is 4. The van der Waals surface area contributed by atoms with E-state index >= 15 is 0 Å². The molecule has 0 amide bonds. The minimum atomic E-state index is -0.513. The van der Waals surface area contributed by atoms with Gasteiger partial charge >= 0.3 is 0 Å². The topological polar surface area (TPSA) is 142 Å². The lowest BCUT2D eigenvalue weighted by Gasteiger charge is -2.17. The molecule has 4 unspecified atom stereocenters. The van der Waals surface area contributed by atoms with Gasteiger partial charge in [-0.1, -0.05) is 200 Å². The first-order chi connectivity index (χ1) is 38.3. The minimum Gasteiger partial charge on any atom is -0.508 e. The Bertz CT molecular complexity index is 4380. The van der Waals surface area contributed by atoms with E-state index in [1.54, 1.807) is 69.3 Å². The smallest absolute Gasteiger partial charge is 0.123 e. The van der Waals surface area contributed by atoms with E-state index in [0.717, 1.165) is 49.2 Å². The fourth-order valence-electron chi connectivity index (χ4n) is 11.5. The number of benzene rings is 15. The Morgan fingerprint density at radius 2 is 0.532 bits per heavy atom. The molecule has 7 heteroatoms. The van der Waals surface area contributed by atoms with Crippen molar-refractivity contribution < 1.29 is 35.7 Å². The molecule has 15 rings (SSSR count). The molecule has 4 atom stereocenters. The molecule has 15 aromatic carbocycles. The summed E-state index contributed by atoms with van der Waals surface area (Å²) in [6.07, 6.45) is -1.92. The lowest BCUT2D eigenvalue weighted by atomic mass is 9.86. The van der Waals surface area contributed by atoms with Crippen LogP contribution in [0.5, 0.6) is 17.2 Å². The molecule has 0 aliphatic heterocycles. The van der Waals surface area contributed by atoms with E-state index in [-0.39, 0.29) is 17.2 Å². The van der Waals surface area contributed by atoms with Gasteiger partial charge in [0.2, 0.25) is 0 Å². The van der Waals surface area contributed by atoms with Gasteiger partial charge in [0.15, 0.2) is 0 Å². The summed E-state index contributed by atoms with van der Waals surface area (Å²) in [6, 6.07) is 74.3. The third kappa shape index (κ3) is 9.86. The van der Waals surface area contributed by atoms with Crippen LogP contribution in [-0.2, 0) is 0 Å². The normalized spacial score (nSPS) is 13.0. The lowest BCUT2D eigenvalue weighted by molar-refractivity contribution is 0.199. The minimum absolute atomic E-state index is 0.226. The van der Waals surface area contributed by atoms with Crippen LogP contribution in [0.25, 0.3) is 108 Å². The number of fused-ring (bicyclic) bond motifs is 3. The summed E-state index contributed by atoms with van der Waals surface area (Å²) in [6.45, 7) is 6.95. The summed E-state index contributed by atoms with van der Waals surface area (Å²) in [4.78, 5) is 0. The zero-order chi connectivity index (χ0) is 55.1. The Balaban J connectivity index is 0.000000107. The molecule has 0 saturated carbocycles. The second kappa shape index (κ2) is 21.7. The van der Waals surface area contributed by atoms with Gasteiger partial charge in [-0.05, 0) is 171 Å². The van der Waals surface area contributed by atoms with Crippen LogP contribution in [0.15, 0.2) is 224 Å².